The van der Waals surface area contributed by atoms with Crippen LogP contribution in [-0.4, -0.2) is 9.55 Å². The van der Waals surface area contributed by atoms with Gasteiger partial charge in [-0.2, -0.15) is 0 Å². The Hall–Kier alpha value is -1.03. The largest absolute Gasteiger partial charge is 0.326 e. The number of aromatic amines is 1. The number of imidazole rings is 1. The fourth-order valence-corrected chi connectivity index (χ4v) is 2.69. The van der Waals surface area contributed by atoms with Crippen molar-refractivity contribution in [1.29, 1.82) is 0 Å². The summed E-state index contributed by atoms with van der Waals surface area (Å²) in [6.45, 7) is 0.836. The molecule has 0 unspecified atom stereocenters. The second kappa shape index (κ2) is 2.73. The predicted molar refractivity (Wildman–Crippen MR) is 58.6 cm³/mol. The maximum atomic E-state index is 11.6. The molecule has 2 aromatic rings. The number of aromatic nitrogens is 2. The Labute approximate surface area is 88.9 Å². The van der Waals surface area contributed by atoms with Gasteiger partial charge in [0.25, 0.3) is 0 Å². The number of halogens is 1. The fraction of sp³-hybridized carbons (Fsp3) is 0.300. The molecule has 0 atom stereocenters. The van der Waals surface area contributed by atoms with Crippen LogP contribution in [0, 0.1) is 0 Å². The highest BCUT2D eigenvalue weighted by atomic mass is 79.9. The summed E-state index contributed by atoms with van der Waals surface area (Å²) in [5, 5.41) is 0. The predicted octanol–water partition coefficient (Wildman–Crippen LogP) is 2.04. The Kier molecular flexibility index (Phi) is 1.62. The van der Waals surface area contributed by atoms with E-state index in [0.717, 1.165) is 34.9 Å². The SMILES string of the molecule is O=c1[nH]c2ccc(Br)c3c2n1CCC3. The van der Waals surface area contributed by atoms with Crippen molar-refractivity contribution in [2.45, 2.75) is 19.4 Å². The third-order valence-corrected chi connectivity index (χ3v) is 3.53. The summed E-state index contributed by atoms with van der Waals surface area (Å²) in [4.78, 5) is 14.4. The third-order valence-electron chi connectivity index (χ3n) is 2.79. The maximum absolute atomic E-state index is 11.6. The van der Waals surface area contributed by atoms with Crippen LogP contribution < -0.4 is 5.69 Å². The van der Waals surface area contributed by atoms with E-state index in [1.807, 2.05) is 16.7 Å². The number of rotatable bonds is 0. The molecule has 3 nitrogen and oxygen atoms in total. The van der Waals surface area contributed by atoms with Gasteiger partial charge in [-0.05, 0) is 30.5 Å². The number of nitrogens with zero attached hydrogens (tertiary/aromatic N) is 1. The quantitative estimate of drug-likeness (QED) is 0.766. The smallest absolute Gasteiger partial charge is 0.306 e. The highest BCUT2D eigenvalue weighted by Crippen LogP contribution is 2.29. The molecule has 4 heteroatoms. The molecular formula is C10H9BrN2O. The third kappa shape index (κ3) is 0.945. The minimum atomic E-state index is 0.0130. The lowest BCUT2D eigenvalue weighted by Crippen LogP contribution is -2.20. The highest BCUT2D eigenvalue weighted by molar-refractivity contribution is 9.10. The summed E-state index contributed by atoms with van der Waals surface area (Å²) in [7, 11) is 0. The van der Waals surface area contributed by atoms with Gasteiger partial charge in [0, 0.05) is 11.0 Å². The first kappa shape index (κ1) is 8.29. The molecule has 14 heavy (non-hydrogen) atoms. The van der Waals surface area contributed by atoms with Crippen LogP contribution in [0.4, 0.5) is 0 Å². The second-order valence-corrected chi connectivity index (χ2v) is 4.46. The Morgan fingerprint density at radius 2 is 2.29 bits per heavy atom. The van der Waals surface area contributed by atoms with Crippen molar-refractivity contribution in [2.75, 3.05) is 0 Å². The van der Waals surface area contributed by atoms with Crippen LogP contribution in [0.1, 0.15) is 12.0 Å². The zero-order chi connectivity index (χ0) is 9.71. The zero-order valence-corrected chi connectivity index (χ0v) is 9.10. The molecule has 1 aliphatic rings. The molecule has 0 radical (unpaired) electrons. The molecule has 1 N–H and O–H groups in total. The number of benzene rings is 1. The van der Waals surface area contributed by atoms with E-state index in [1.54, 1.807) is 0 Å². The Morgan fingerprint density at radius 3 is 3.14 bits per heavy atom. The fourth-order valence-electron chi connectivity index (χ4n) is 2.17. The molecule has 0 aliphatic carbocycles. The van der Waals surface area contributed by atoms with Crippen LogP contribution in [-0.2, 0) is 13.0 Å². The van der Waals surface area contributed by atoms with Gasteiger partial charge in [0.2, 0.25) is 0 Å². The first-order valence-electron chi connectivity index (χ1n) is 4.67. The summed E-state index contributed by atoms with van der Waals surface area (Å²) >= 11 is 3.53. The van der Waals surface area contributed by atoms with Crippen LogP contribution in [0.15, 0.2) is 21.4 Å². The van der Waals surface area contributed by atoms with E-state index in [9.17, 15) is 4.79 Å². The van der Waals surface area contributed by atoms with Crippen molar-refractivity contribution in [3.63, 3.8) is 0 Å². The van der Waals surface area contributed by atoms with Crippen molar-refractivity contribution >= 4 is 27.0 Å². The molecule has 3 rings (SSSR count). The monoisotopic (exact) mass is 252 g/mol. The second-order valence-electron chi connectivity index (χ2n) is 3.61. The van der Waals surface area contributed by atoms with E-state index >= 15 is 0 Å². The normalized spacial score (nSPS) is 14.9. The van der Waals surface area contributed by atoms with Gasteiger partial charge in [-0.15, -0.1) is 0 Å². The van der Waals surface area contributed by atoms with Crippen molar-refractivity contribution in [3.05, 3.63) is 32.7 Å². The van der Waals surface area contributed by atoms with Crippen molar-refractivity contribution in [3.8, 4) is 0 Å². The van der Waals surface area contributed by atoms with E-state index in [4.69, 9.17) is 0 Å². The minimum absolute atomic E-state index is 0.0130. The van der Waals surface area contributed by atoms with E-state index in [2.05, 4.69) is 20.9 Å². The van der Waals surface area contributed by atoms with Crippen LogP contribution in [0.25, 0.3) is 11.0 Å². The molecule has 2 heterocycles. The first-order valence-corrected chi connectivity index (χ1v) is 5.46. The molecule has 0 bridgehead atoms. The molecule has 0 saturated heterocycles. The Bertz CT molecular complexity index is 567. The molecule has 0 spiro atoms. The molecule has 0 amide bonds. The number of hydrogen-bond donors (Lipinski definition) is 1. The summed E-state index contributed by atoms with van der Waals surface area (Å²) < 4.78 is 2.94. The highest BCUT2D eigenvalue weighted by Gasteiger charge is 2.17. The Morgan fingerprint density at radius 1 is 1.43 bits per heavy atom. The average Bonchev–Trinajstić information content (AvgIpc) is 2.52. The number of hydrogen-bond acceptors (Lipinski definition) is 1. The lowest BCUT2D eigenvalue weighted by Gasteiger charge is -2.14. The maximum Gasteiger partial charge on any atom is 0.326 e. The molecular weight excluding hydrogens is 244 g/mol. The standard InChI is InChI=1S/C10H9BrN2O/c11-7-3-4-8-9-6(7)2-1-5-13(9)10(14)12-8/h3-4H,1-2,5H2,(H,12,14). The first-order chi connectivity index (χ1) is 6.77. The lowest BCUT2D eigenvalue weighted by atomic mass is 10.0. The van der Waals surface area contributed by atoms with Crippen molar-refractivity contribution in [2.24, 2.45) is 0 Å². The molecule has 72 valence electrons. The van der Waals surface area contributed by atoms with Crippen LogP contribution >= 0.6 is 15.9 Å². The van der Waals surface area contributed by atoms with E-state index in [1.165, 1.54) is 5.56 Å². The molecule has 1 aromatic carbocycles. The van der Waals surface area contributed by atoms with Gasteiger partial charge in [0.05, 0.1) is 11.0 Å². The summed E-state index contributed by atoms with van der Waals surface area (Å²) in [6, 6.07) is 3.95. The summed E-state index contributed by atoms with van der Waals surface area (Å²) in [5.41, 5.74) is 3.30. The van der Waals surface area contributed by atoms with E-state index in [-0.39, 0.29) is 5.69 Å². The minimum Gasteiger partial charge on any atom is -0.306 e. The number of H-pyrrole nitrogens is 1. The summed E-state index contributed by atoms with van der Waals surface area (Å²) in [6.07, 6.45) is 2.09. The van der Waals surface area contributed by atoms with Gasteiger partial charge in [0.1, 0.15) is 0 Å². The van der Waals surface area contributed by atoms with Crippen molar-refractivity contribution in [1.82, 2.24) is 9.55 Å². The van der Waals surface area contributed by atoms with E-state index in [0.29, 0.717) is 0 Å². The van der Waals surface area contributed by atoms with Gasteiger partial charge in [-0.25, -0.2) is 4.79 Å². The van der Waals surface area contributed by atoms with Gasteiger partial charge in [0.15, 0.2) is 0 Å². The lowest BCUT2D eigenvalue weighted by molar-refractivity contribution is 0.614. The average molecular weight is 253 g/mol. The number of aryl methyl sites for hydroxylation is 2. The zero-order valence-electron chi connectivity index (χ0n) is 7.51. The van der Waals surface area contributed by atoms with Crippen LogP contribution in [0.3, 0.4) is 0 Å². The van der Waals surface area contributed by atoms with Crippen LogP contribution in [0.2, 0.25) is 0 Å². The molecule has 1 aromatic heterocycles. The van der Waals surface area contributed by atoms with Crippen LogP contribution in [0.5, 0.6) is 0 Å². The molecule has 0 saturated carbocycles. The number of nitrogens with one attached hydrogen (secondary N) is 1. The van der Waals surface area contributed by atoms with Gasteiger partial charge in [-0.3, -0.25) is 4.57 Å². The van der Waals surface area contributed by atoms with Crippen molar-refractivity contribution < 1.29 is 0 Å². The molecule has 0 fully saturated rings. The van der Waals surface area contributed by atoms with Gasteiger partial charge in [-0.1, -0.05) is 15.9 Å². The van der Waals surface area contributed by atoms with Gasteiger partial charge < -0.3 is 4.98 Å². The Balaban J connectivity index is 2.57. The topological polar surface area (TPSA) is 37.8 Å². The van der Waals surface area contributed by atoms with E-state index < -0.39 is 0 Å². The molecule has 1 aliphatic heterocycles. The summed E-state index contributed by atoms with van der Waals surface area (Å²) in [5.74, 6) is 0. The van der Waals surface area contributed by atoms with Gasteiger partial charge >= 0.3 is 5.69 Å².